The van der Waals surface area contributed by atoms with E-state index < -0.39 is 11.9 Å². The Hall–Kier alpha value is -2.19. The number of benzene rings is 2. The molecule has 2 aromatic carbocycles. The number of hydrogen-bond acceptors (Lipinski definition) is 10. The number of unbranched alkanes of at least 4 members (excludes halogenated alkanes) is 18. The molecule has 0 heterocycles. The quantitative estimate of drug-likeness (QED) is 0.0358. The predicted octanol–water partition coefficient (Wildman–Crippen LogP) is 11.1. The molecule has 65 heavy (non-hydrogen) atoms. The molecule has 0 bridgehead atoms. The SMILES string of the molecule is CCCCCCCCCCCCC(CC(CCC(=O)[O-])OCc1ccccc1)OC(C)=O.CCCCCCCCCCCCC(CC(CCC(=O)[O-])OCc1ccccc1)OC(C)=O.[Ba+2]. The van der Waals surface area contributed by atoms with Crippen LogP contribution in [0.3, 0.4) is 0 Å². The Kier molecular flexibility index (Phi) is 42.8. The first-order valence-corrected chi connectivity index (χ1v) is 25.1. The normalized spacial score (nSPS) is 12.7. The minimum Gasteiger partial charge on any atom is -0.550 e. The third-order valence-corrected chi connectivity index (χ3v) is 11.5. The van der Waals surface area contributed by atoms with Crippen molar-refractivity contribution >= 4 is 72.8 Å². The van der Waals surface area contributed by atoms with Crippen LogP contribution in [-0.4, -0.2) is 97.2 Å². The van der Waals surface area contributed by atoms with Crippen molar-refractivity contribution < 1.29 is 48.3 Å². The minimum absolute atomic E-state index is 0. The van der Waals surface area contributed by atoms with Gasteiger partial charge in [-0.15, -0.1) is 0 Å². The first-order chi connectivity index (χ1) is 31.0. The second-order valence-corrected chi connectivity index (χ2v) is 17.5. The van der Waals surface area contributed by atoms with Crippen molar-refractivity contribution in [3.63, 3.8) is 0 Å². The fourth-order valence-corrected chi connectivity index (χ4v) is 7.90. The maximum atomic E-state index is 11.6. The van der Waals surface area contributed by atoms with Crippen LogP contribution in [0.5, 0.6) is 0 Å². The van der Waals surface area contributed by atoms with Crippen LogP contribution in [0.2, 0.25) is 0 Å². The van der Waals surface area contributed by atoms with Gasteiger partial charge in [-0.2, -0.15) is 0 Å². The summed E-state index contributed by atoms with van der Waals surface area (Å²) >= 11 is 0. The van der Waals surface area contributed by atoms with Crippen molar-refractivity contribution in [1.29, 1.82) is 0 Å². The molecule has 0 aliphatic carbocycles. The molecular weight excluding hydrogens is 946 g/mol. The van der Waals surface area contributed by atoms with Crippen LogP contribution in [0.15, 0.2) is 60.7 Å². The summed E-state index contributed by atoms with van der Waals surface area (Å²) in [6.45, 7) is 8.14. The second kappa shape index (κ2) is 44.3. The fraction of sp³-hybridized carbons (Fsp3) is 0.704. The standard InChI is InChI=1S/2C27H44O5.Ba/c2*1-3-4-5-6-7-8-9-10-11-15-18-26(32-23(2)28)21-25(19-20-27(29)30)31-22-24-16-13-12-14-17-24;/h2*12-14,16-17,25-26H,3-11,15,18-22H2,1-2H3,(H,29,30);/q;;+2/p-2. The maximum Gasteiger partial charge on any atom is 2.00 e. The van der Waals surface area contributed by atoms with Crippen LogP contribution >= 0.6 is 0 Å². The van der Waals surface area contributed by atoms with Gasteiger partial charge in [-0.25, -0.2) is 0 Å². The molecule has 0 aliphatic heterocycles. The summed E-state index contributed by atoms with van der Waals surface area (Å²) in [4.78, 5) is 45.1. The van der Waals surface area contributed by atoms with E-state index in [1.54, 1.807) is 0 Å². The van der Waals surface area contributed by atoms with Gasteiger partial charge in [0.05, 0.1) is 25.4 Å². The summed E-state index contributed by atoms with van der Waals surface area (Å²) in [5.41, 5.74) is 2.06. The van der Waals surface area contributed by atoms with Gasteiger partial charge in [0.15, 0.2) is 0 Å². The molecule has 2 rings (SSSR count). The van der Waals surface area contributed by atoms with Gasteiger partial charge in [0.2, 0.25) is 0 Å². The topological polar surface area (TPSA) is 151 Å². The Morgan fingerprint density at radius 3 is 1.00 bits per heavy atom. The zero-order valence-electron chi connectivity index (χ0n) is 41.1. The maximum absolute atomic E-state index is 11.6. The van der Waals surface area contributed by atoms with Crippen molar-refractivity contribution in [2.24, 2.45) is 0 Å². The van der Waals surface area contributed by atoms with E-state index in [0.717, 1.165) is 49.7 Å². The van der Waals surface area contributed by atoms with Gasteiger partial charge in [-0.05, 0) is 62.5 Å². The van der Waals surface area contributed by atoms with Gasteiger partial charge in [0.1, 0.15) is 12.2 Å². The van der Waals surface area contributed by atoms with Gasteiger partial charge in [0, 0.05) is 38.6 Å². The number of aliphatic carboxylic acids is 2. The molecule has 0 N–H and O–H groups in total. The van der Waals surface area contributed by atoms with Gasteiger partial charge < -0.3 is 38.7 Å². The first kappa shape index (κ1) is 62.8. The van der Waals surface area contributed by atoms with Crippen LogP contribution in [0, 0.1) is 0 Å². The molecule has 0 saturated carbocycles. The van der Waals surface area contributed by atoms with Crippen LogP contribution < -0.4 is 10.2 Å². The largest absolute Gasteiger partial charge is 2.00 e. The molecule has 10 nitrogen and oxygen atoms in total. The first-order valence-electron chi connectivity index (χ1n) is 25.1. The molecule has 0 radical (unpaired) electrons. The van der Waals surface area contributed by atoms with E-state index in [1.807, 2.05) is 60.7 Å². The molecule has 0 spiro atoms. The van der Waals surface area contributed by atoms with Crippen molar-refractivity contribution in [3.8, 4) is 0 Å². The van der Waals surface area contributed by atoms with E-state index in [9.17, 15) is 29.4 Å². The number of hydrogen-bond donors (Lipinski definition) is 0. The molecule has 0 aliphatic rings. The van der Waals surface area contributed by atoms with Crippen LogP contribution in [0.4, 0.5) is 0 Å². The Morgan fingerprint density at radius 1 is 0.431 bits per heavy atom. The summed E-state index contributed by atoms with van der Waals surface area (Å²) in [6.07, 6.45) is 27.2. The van der Waals surface area contributed by atoms with E-state index in [4.69, 9.17) is 18.9 Å². The Morgan fingerprint density at radius 2 is 0.723 bits per heavy atom. The zero-order chi connectivity index (χ0) is 46.9. The van der Waals surface area contributed by atoms with Crippen LogP contribution in [0.1, 0.15) is 219 Å². The fourth-order valence-electron chi connectivity index (χ4n) is 7.90. The Balaban J connectivity index is 0.00000124. The number of carbonyl (C=O) groups excluding carboxylic acids is 4. The molecule has 0 amide bonds. The van der Waals surface area contributed by atoms with E-state index in [-0.39, 0.29) is 98.1 Å². The molecule has 11 heteroatoms. The number of carbonyl (C=O) groups is 4. The van der Waals surface area contributed by atoms with Crippen molar-refractivity contribution in [2.45, 2.75) is 245 Å². The Labute approximate surface area is 434 Å². The molecule has 4 unspecified atom stereocenters. The average molecular weight is 1030 g/mol. The summed E-state index contributed by atoms with van der Waals surface area (Å²) in [7, 11) is 0. The summed E-state index contributed by atoms with van der Waals surface area (Å²) in [6, 6.07) is 19.6. The number of esters is 2. The van der Waals surface area contributed by atoms with Crippen molar-refractivity contribution in [2.75, 3.05) is 0 Å². The summed E-state index contributed by atoms with van der Waals surface area (Å²) in [5.74, 6) is -2.78. The van der Waals surface area contributed by atoms with Crippen LogP contribution in [0.25, 0.3) is 0 Å². The third kappa shape index (κ3) is 40.6. The van der Waals surface area contributed by atoms with E-state index in [1.165, 1.54) is 117 Å². The Bertz CT molecular complexity index is 1320. The number of ether oxygens (including phenoxy) is 4. The molecule has 0 aromatic heterocycles. The number of rotatable bonds is 40. The molecule has 2 aromatic rings. The van der Waals surface area contributed by atoms with E-state index in [0.29, 0.717) is 38.9 Å². The minimum atomic E-state index is -1.09. The van der Waals surface area contributed by atoms with Gasteiger partial charge >= 0.3 is 60.8 Å². The predicted molar refractivity (Wildman–Crippen MR) is 258 cm³/mol. The van der Waals surface area contributed by atoms with E-state index in [2.05, 4.69) is 13.8 Å². The molecule has 0 saturated heterocycles. The monoisotopic (exact) mass is 1030 g/mol. The van der Waals surface area contributed by atoms with E-state index >= 15 is 0 Å². The van der Waals surface area contributed by atoms with Gasteiger partial charge in [0.25, 0.3) is 0 Å². The number of carboxylic acid groups (broad SMARTS) is 2. The van der Waals surface area contributed by atoms with Crippen molar-refractivity contribution in [3.05, 3.63) is 71.8 Å². The van der Waals surface area contributed by atoms with Crippen molar-refractivity contribution in [1.82, 2.24) is 0 Å². The third-order valence-electron chi connectivity index (χ3n) is 11.5. The van der Waals surface area contributed by atoms with Gasteiger partial charge in [-0.1, -0.05) is 190 Å². The molecule has 4 atom stereocenters. The second-order valence-electron chi connectivity index (χ2n) is 17.5. The molecule has 364 valence electrons. The number of carboxylic acids is 2. The van der Waals surface area contributed by atoms with Gasteiger partial charge in [-0.3, -0.25) is 9.59 Å². The average Bonchev–Trinajstić information content (AvgIpc) is 3.27. The smallest absolute Gasteiger partial charge is 0.550 e. The molecular formula is C54H86BaO10. The summed E-state index contributed by atoms with van der Waals surface area (Å²) < 4.78 is 23.1. The molecule has 0 fully saturated rings. The zero-order valence-corrected chi connectivity index (χ0v) is 45.5. The van der Waals surface area contributed by atoms with Crippen LogP contribution in [-0.2, 0) is 51.3 Å². The summed E-state index contributed by atoms with van der Waals surface area (Å²) in [5, 5.41) is 21.9.